The number of aromatic nitrogens is 1. The fourth-order valence-electron chi connectivity index (χ4n) is 1.61. The summed E-state index contributed by atoms with van der Waals surface area (Å²) in [5.74, 6) is 1.37. The largest absolute Gasteiger partial charge is 0.496 e. The molecule has 2 rings (SSSR count). The molecule has 0 saturated carbocycles. The minimum Gasteiger partial charge on any atom is -0.496 e. The van der Waals surface area contributed by atoms with E-state index in [4.69, 9.17) is 10.5 Å². The molecule has 2 aromatic rings. The molecular formula is C13H15N3O. The van der Waals surface area contributed by atoms with E-state index in [1.807, 2.05) is 36.4 Å². The average molecular weight is 229 g/mol. The number of hydrogen-bond donors (Lipinski definition) is 2. The zero-order chi connectivity index (χ0) is 12.1. The number of pyridine rings is 1. The normalized spacial score (nSPS) is 9.94. The first-order valence-electron chi connectivity index (χ1n) is 5.37. The number of nitrogen functional groups attached to an aromatic ring is 1. The van der Waals surface area contributed by atoms with E-state index < -0.39 is 0 Å². The molecule has 3 N–H and O–H groups in total. The van der Waals surface area contributed by atoms with Gasteiger partial charge in [0.05, 0.1) is 12.8 Å². The van der Waals surface area contributed by atoms with Crippen LogP contribution < -0.4 is 15.8 Å². The summed E-state index contributed by atoms with van der Waals surface area (Å²) in [7, 11) is 1.66. The minimum atomic E-state index is 0.502. The summed E-state index contributed by atoms with van der Waals surface area (Å²) in [5.41, 5.74) is 7.66. The van der Waals surface area contributed by atoms with Gasteiger partial charge in [-0.1, -0.05) is 18.2 Å². The third-order valence-corrected chi connectivity index (χ3v) is 2.50. The summed E-state index contributed by atoms with van der Waals surface area (Å²) >= 11 is 0. The van der Waals surface area contributed by atoms with Gasteiger partial charge in [-0.25, -0.2) is 4.98 Å². The van der Waals surface area contributed by atoms with Gasteiger partial charge in [-0.15, -0.1) is 0 Å². The molecule has 4 nitrogen and oxygen atoms in total. The Morgan fingerprint density at radius 3 is 2.82 bits per heavy atom. The first-order chi connectivity index (χ1) is 8.31. The minimum absolute atomic E-state index is 0.502. The molecule has 0 unspecified atom stereocenters. The molecule has 0 atom stereocenters. The van der Waals surface area contributed by atoms with Gasteiger partial charge in [0, 0.05) is 18.3 Å². The van der Waals surface area contributed by atoms with Crippen LogP contribution in [0, 0.1) is 0 Å². The van der Waals surface area contributed by atoms with E-state index in [-0.39, 0.29) is 0 Å². The molecule has 1 aromatic carbocycles. The number of para-hydroxylation sites is 1. The predicted octanol–water partition coefficient (Wildman–Crippen LogP) is 2.28. The van der Waals surface area contributed by atoms with Crippen LogP contribution in [0.2, 0.25) is 0 Å². The monoisotopic (exact) mass is 229 g/mol. The highest BCUT2D eigenvalue weighted by molar-refractivity contribution is 5.61. The summed E-state index contributed by atoms with van der Waals surface area (Å²) in [6.07, 6.45) is 1.67. The lowest BCUT2D eigenvalue weighted by Crippen LogP contribution is -2.04. The Hall–Kier alpha value is -2.23. The van der Waals surface area contributed by atoms with E-state index >= 15 is 0 Å². The Bertz CT molecular complexity index is 500. The highest BCUT2D eigenvalue weighted by atomic mass is 16.5. The summed E-state index contributed by atoms with van der Waals surface area (Å²) < 4.78 is 5.28. The van der Waals surface area contributed by atoms with E-state index in [0.717, 1.165) is 17.0 Å². The molecule has 0 saturated heterocycles. The first kappa shape index (κ1) is 11.3. The molecular weight excluding hydrogens is 214 g/mol. The molecule has 1 aromatic heterocycles. The van der Waals surface area contributed by atoms with Crippen LogP contribution in [-0.2, 0) is 6.54 Å². The van der Waals surface area contributed by atoms with E-state index in [0.29, 0.717) is 12.4 Å². The van der Waals surface area contributed by atoms with Gasteiger partial charge in [0.25, 0.3) is 0 Å². The molecule has 88 valence electrons. The summed E-state index contributed by atoms with van der Waals surface area (Å²) in [5, 5.41) is 3.24. The Kier molecular flexibility index (Phi) is 3.45. The molecule has 0 amide bonds. The number of anilines is 2. The maximum atomic E-state index is 5.75. The predicted molar refractivity (Wildman–Crippen MR) is 69.0 cm³/mol. The van der Waals surface area contributed by atoms with Crippen molar-refractivity contribution in [3.63, 3.8) is 0 Å². The van der Waals surface area contributed by atoms with E-state index in [1.165, 1.54) is 0 Å². The van der Waals surface area contributed by atoms with Crippen molar-refractivity contribution >= 4 is 11.5 Å². The lowest BCUT2D eigenvalue weighted by Gasteiger charge is -2.11. The van der Waals surface area contributed by atoms with Gasteiger partial charge in [-0.2, -0.15) is 0 Å². The fraction of sp³-hybridized carbons (Fsp3) is 0.154. The number of benzene rings is 1. The van der Waals surface area contributed by atoms with Crippen LogP contribution in [0.5, 0.6) is 5.75 Å². The summed E-state index contributed by atoms with van der Waals surface area (Å²) in [6.45, 7) is 0.653. The summed E-state index contributed by atoms with van der Waals surface area (Å²) in [4.78, 5) is 4.02. The second kappa shape index (κ2) is 5.21. The molecule has 0 fully saturated rings. The number of nitrogens with zero attached hydrogens (tertiary/aromatic N) is 1. The molecule has 0 aliphatic carbocycles. The lowest BCUT2D eigenvalue weighted by molar-refractivity contribution is 0.410. The SMILES string of the molecule is COc1ccccc1CNc1cccnc1N. The van der Waals surface area contributed by atoms with Crippen molar-refractivity contribution in [3.05, 3.63) is 48.2 Å². The van der Waals surface area contributed by atoms with Crippen LogP contribution in [0.4, 0.5) is 11.5 Å². The third kappa shape index (κ3) is 2.66. The first-order valence-corrected chi connectivity index (χ1v) is 5.37. The number of ether oxygens (including phenoxy) is 1. The molecule has 1 heterocycles. The topological polar surface area (TPSA) is 60.2 Å². The number of methoxy groups -OCH3 is 1. The number of nitrogens with one attached hydrogen (secondary N) is 1. The van der Waals surface area contributed by atoms with Gasteiger partial charge < -0.3 is 15.8 Å². The van der Waals surface area contributed by atoms with Crippen molar-refractivity contribution in [2.75, 3.05) is 18.2 Å². The maximum absolute atomic E-state index is 5.75. The van der Waals surface area contributed by atoms with Crippen molar-refractivity contribution in [3.8, 4) is 5.75 Å². The molecule has 0 aliphatic rings. The number of nitrogens with two attached hydrogens (primary N) is 1. The van der Waals surface area contributed by atoms with Crippen LogP contribution in [0.3, 0.4) is 0 Å². The van der Waals surface area contributed by atoms with E-state index in [2.05, 4.69) is 10.3 Å². The second-order valence-corrected chi connectivity index (χ2v) is 3.60. The van der Waals surface area contributed by atoms with Crippen molar-refractivity contribution in [1.29, 1.82) is 0 Å². The van der Waals surface area contributed by atoms with Gasteiger partial charge in [-0.3, -0.25) is 0 Å². The standard InChI is InChI=1S/C13H15N3O/c1-17-12-7-3-2-5-10(12)9-16-11-6-4-8-15-13(11)14/h2-8,16H,9H2,1H3,(H2,14,15). The van der Waals surface area contributed by atoms with Crippen LogP contribution in [-0.4, -0.2) is 12.1 Å². The van der Waals surface area contributed by atoms with Crippen LogP contribution in [0.15, 0.2) is 42.6 Å². The van der Waals surface area contributed by atoms with Crippen LogP contribution >= 0.6 is 0 Å². The van der Waals surface area contributed by atoms with Gasteiger partial charge in [-0.05, 0) is 18.2 Å². The molecule has 4 heteroatoms. The fourth-order valence-corrected chi connectivity index (χ4v) is 1.61. The highest BCUT2D eigenvalue weighted by Gasteiger charge is 2.02. The summed E-state index contributed by atoms with van der Waals surface area (Å²) in [6, 6.07) is 11.6. The Labute approximate surface area is 100 Å². The van der Waals surface area contributed by atoms with Crippen molar-refractivity contribution in [1.82, 2.24) is 4.98 Å². The number of hydrogen-bond acceptors (Lipinski definition) is 4. The zero-order valence-corrected chi connectivity index (χ0v) is 9.68. The zero-order valence-electron chi connectivity index (χ0n) is 9.68. The quantitative estimate of drug-likeness (QED) is 0.844. The van der Waals surface area contributed by atoms with Crippen molar-refractivity contribution < 1.29 is 4.74 Å². The lowest BCUT2D eigenvalue weighted by atomic mass is 10.2. The third-order valence-electron chi connectivity index (χ3n) is 2.50. The molecule has 0 bridgehead atoms. The Morgan fingerprint density at radius 2 is 2.06 bits per heavy atom. The second-order valence-electron chi connectivity index (χ2n) is 3.60. The van der Waals surface area contributed by atoms with Gasteiger partial charge in [0.1, 0.15) is 11.6 Å². The van der Waals surface area contributed by atoms with Crippen molar-refractivity contribution in [2.45, 2.75) is 6.54 Å². The Morgan fingerprint density at radius 1 is 1.24 bits per heavy atom. The number of rotatable bonds is 4. The van der Waals surface area contributed by atoms with Crippen molar-refractivity contribution in [2.24, 2.45) is 0 Å². The average Bonchev–Trinajstić information content (AvgIpc) is 2.38. The maximum Gasteiger partial charge on any atom is 0.146 e. The molecule has 0 radical (unpaired) electrons. The smallest absolute Gasteiger partial charge is 0.146 e. The van der Waals surface area contributed by atoms with E-state index in [9.17, 15) is 0 Å². The Balaban J connectivity index is 2.10. The molecule has 0 aliphatic heterocycles. The molecule has 0 spiro atoms. The van der Waals surface area contributed by atoms with E-state index in [1.54, 1.807) is 13.3 Å². The van der Waals surface area contributed by atoms with Crippen LogP contribution in [0.1, 0.15) is 5.56 Å². The highest BCUT2D eigenvalue weighted by Crippen LogP contribution is 2.20. The molecule has 17 heavy (non-hydrogen) atoms. The van der Waals surface area contributed by atoms with Gasteiger partial charge >= 0.3 is 0 Å². The van der Waals surface area contributed by atoms with Gasteiger partial charge in [0.15, 0.2) is 0 Å². The van der Waals surface area contributed by atoms with Gasteiger partial charge in [0.2, 0.25) is 0 Å². The van der Waals surface area contributed by atoms with Crippen LogP contribution in [0.25, 0.3) is 0 Å².